The molecule has 0 amide bonds. The Morgan fingerprint density at radius 1 is 1.26 bits per heavy atom. The molecule has 0 aliphatic heterocycles. The molecule has 1 aromatic carbocycles. The SMILES string of the molecule is C=C/C=C(O)\C=C/C.CC.CN=C(NCc1ccccc1)c1csc(C)c1. The van der Waals surface area contributed by atoms with Crippen LogP contribution < -0.4 is 5.32 Å². The summed E-state index contributed by atoms with van der Waals surface area (Å²) < 4.78 is 0. The van der Waals surface area contributed by atoms with Crippen LogP contribution >= 0.6 is 11.3 Å². The summed E-state index contributed by atoms with van der Waals surface area (Å²) in [6, 6.07) is 12.5. The van der Waals surface area contributed by atoms with Crippen molar-refractivity contribution in [2.75, 3.05) is 7.05 Å². The molecule has 4 heteroatoms. The van der Waals surface area contributed by atoms with Gasteiger partial charge in [0, 0.05) is 29.4 Å². The van der Waals surface area contributed by atoms with Crippen molar-refractivity contribution in [1.29, 1.82) is 0 Å². The fourth-order valence-electron chi connectivity index (χ4n) is 2.01. The summed E-state index contributed by atoms with van der Waals surface area (Å²) in [5.41, 5.74) is 2.44. The Morgan fingerprint density at radius 2 is 1.93 bits per heavy atom. The van der Waals surface area contributed by atoms with Gasteiger partial charge in [0.25, 0.3) is 0 Å². The normalized spacial score (nSPS) is 11.1. The van der Waals surface area contributed by atoms with Crippen molar-refractivity contribution in [3.8, 4) is 0 Å². The number of aliphatic hydroxyl groups excluding tert-OH is 1. The first-order valence-corrected chi connectivity index (χ1v) is 9.93. The Labute approximate surface area is 168 Å². The molecule has 0 radical (unpaired) electrons. The monoisotopic (exact) mass is 384 g/mol. The fourth-order valence-corrected chi connectivity index (χ4v) is 2.69. The third-order valence-electron chi connectivity index (χ3n) is 3.16. The lowest BCUT2D eigenvalue weighted by atomic mass is 10.2. The highest BCUT2D eigenvalue weighted by molar-refractivity contribution is 7.10. The number of nitrogens with zero attached hydrogens (tertiary/aromatic N) is 1. The number of hydrogen-bond donors (Lipinski definition) is 2. The first-order valence-electron chi connectivity index (χ1n) is 9.05. The van der Waals surface area contributed by atoms with Crippen LogP contribution in [0.5, 0.6) is 0 Å². The van der Waals surface area contributed by atoms with Crippen molar-refractivity contribution in [2.45, 2.75) is 34.2 Å². The van der Waals surface area contributed by atoms with E-state index in [9.17, 15) is 0 Å². The number of hydrogen-bond acceptors (Lipinski definition) is 3. The molecular formula is C23H32N2OS. The molecule has 0 atom stereocenters. The van der Waals surface area contributed by atoms with Gasteiger partial charge in [-0.15, -0.1) is 11.3 Å². The van der Waals surface area contributed by atoms with Crippen LogP contribution in [0.3, 0.4) is 0 Å². The van der Waals surface area contributed by atoms with Crippen molar-refractivity contribution in [3.05, 3.63) is 94.4 Å². The molecule has 0 spiro atoms. The van der Waals surface area contributed by atoms with Crippen LogP contribution in [0.4, 0.5) is 0 Å². The van der Waals surface area contributed by atoms with Gasteiger partial charge in [0.2, 0.25) is 0 Å². The Balaban J connectivity index is 0.000000574. The molecule has 0 aliphatic carbocycles. The lowest BCUT2D eigenvalue weighted by Gasteiger charge is -2.07. The van der Waals surface area contributed by atoms with Crippen LogP contribution in [0.15, 0.2) is 83.4 Å². The largest absolute Gasteiger partial charge is 0.508 e. The van der Waals surface area contributed by atoms with Crippen molar-refractivity contribution in [3.63, 3.8) is 0 Å². The molecule has 2 rings (SSSR count). The van der Waals surface area contributed by atoms with Gasteiger partial charge < -0.3 is 10.4 Å². The molecule has 0 saturated heterocycles. The van der Waals surface area contributed by atoms with Gasteiger partial charge in [-0.25, -0.2) is 0 Å². The molecule has 0 aliphatic rings. The highest BCUT2D eigenvalue weighted by Crippen LogP contribution is 2.13. The summed E-state index contributed by atoms with van der Waals surface area (Å²) >= 11 is 1.75. The number of aliphatic hydroxyl groups is 1. The van der Waals surface area contributed by atoms with E-state index in [0.717, 1.165) is 12.4 Å². The van der Waals surface area contributed by atoms with Gasteiger partial charge in [-0.2, -0.15) is 0 Å². The number of nitrogens with one attached hydrogen (secondary N) is 1. The third kappa shape index (κ3) is 10.9. The summed E-state index contributed by atoms with van der Waals surface area (Å²) in [6.07, 6.45) is 6.42. The predicted octanol–water partition coefficient (Wildman–Crippen LogP) is 6.44. The minimum Gasteiger partial charge on any atom is -0.508 e. The number of aliphatic imine (C=N–C) groups is 1. The van der Waals surface area contributed by atoms with Crippen LogP contribution in [-0.4, -0.2) is 18.0 Å². The lowest BCUT2D eigenvalue weighted by molar-refractivity contribution is 0.432. The topological polar surface area (TPSA) is 44.6 Å². The zero-order valence-corrected chi connectivity index (χ0v) is 17.9. The van der Waals surface area contributed by atoms with E-state index >= 15 is 0 Å². The molecule has 146 valence electrons. The number of thiophene rings is 1. The predicted molar refractivity (Wildman–Crippen MR) is 122 cm³/mol. The zero-order valence-electron chi connectivity index (χ0n) is 17.1. The molecule has 0 fully saturated rings. The molecule has 0 bridgehead atoms. The van der Waals surface area contributed by atoms with Crippen LogP contribution in [0, 0.1) is 6.92 Å². The zero-order chi connectivity index (χ0) is 20.5. The van der Waals surface area contributed by atoms with Gasteiger partial charge in [0.1, 0.15) is 11.6 Å². The quantitative estimate of drug-likeness (QED) is 0.270. The highest BCUT2D eigenvalue weighted by atomic mass is 32.1. The van der Waals surface area contributed by atoms with E-state index in [-0.39, 0.29) is 5.76 Å². The van der Waals surface area contributed by atoms with E-state index in [1.54, 1.807) is 23.5 Å². The maximum absolute atomic E-state index is 8.75. The summed E-state index contributed by atoms with van der Waals surface area (Å²) in [7, 11) is 1.82. The van der Waals surface area contributed by atoms with Gasteiger partial charge >= 0.3 is 0 Å². The molecule has 0 unspecified atom stereocenters. The van der Waals surface area contributed by atoms with Gasteiger partial charge in [0.15, 0.2) is 0 Å². The first kappa shape index (κ1) is 24.4. The number of allylic oxidation sites excluding steroid dienone is 4. The van der Waals surface area contributed by atoms with Crippen LogP contribution in [0.25, 0.3) is 0 Å². The molecule has 2 N–H and O–H groups in total. The lowest BCUT2D eigenvalue weighted by Crippen LogP contribution is -2.23. The second kappa shape index (κ2) is 15.6. The minimum absolute atomic E-state index is 0.238. The van der Waals surface area contributed by atoms with Gasteiger partial charge in [-0.1, -0.05) is 62.9 Å². The number of amidine groups is 1. The highest BCUT2D eigenvalue weighted by Gasteiger charge is 2.04. The van der Waals surface area contributed by atoms with Gasteiger partial charge in [-0.05, 0) is 37.6 Å². The number of benzene rings is 1. The second-order valence-electron chi connectivity index (χ2n) is 5.18. The molecule has 1 heterocycles. The van der Waals surface area contributed by atoms with Crippen LogP contribution in [0.2, 0.25) is 0 Å². The van der Waals surface area contributed by atoms with Crippen molar-refractivity contribution in [2.24, 2.45) is 4.99 Å². The summed E-state index contributed by atoms with van der Waals surface area (Å²) in [4.78, 5) is 5.61. The Bertz CT molecular complexity index is 728. The number of aryl methyl sites for hydroxylation is 1. The minimum atomic E-state index is 0.238. The molecule has 3 nitrogen and oxygen atoms in total. The van der Waals surface area contributed by atoms with E-state index < -0.39 is 0 Å². The standard InChI is InChI=1S/C14H16N2S.C7H10O.C2H6/c1-11-8-13(10-17-11)14(15-2)16-9-12-6-4-3-5-7-12;1-3-5-7(8)6-4-2;1-2/h3-8,10H,9H2,1-2H3,(H,15,16);3-6,8H,1H2,2H3;1-2H3/b;6-4-,7-5+;. The summed E-state index contributed by atoms with van der Waals surface area (Å²) in [5, 5.41) is 14.3. The van der Waals surface area contributed by atoms with E-state index in [4.69, 9.17) is 5.11 Å². The van der Waals surface area contributed by atoms with Crippen LogP contribution in [-0.2, 0) is 6.54 Å². The van der Waals surface area contributed by atoms with E-state index in [2.05, 4.69) is 59.5 Å². The van der Waals surface area contributed by atoms with Gasteiger partial charge in [0.05, 0.1) is 0 Å². The van der Waals surface area contributed by atoms with E-state index in [1.165, 1.54) is 28.2 Å². The van der Waals surface area contributed by atoms with Gasteiger partial charge in [-0.3, -0.25) is 4.99 Å². The average molecular weight is 385 g/mol. The van der Waals surface area contributed by atoms with Crippen molar-refractivity contribution in [1.82, 2.24) is 5.32 Å². The molecule has 2 aromatic rings. The Morgan fingerprint density at radius 3 is 2.41 bits per heavy atom. The average Bonchev–Trinajstić information content (AvgIpc) is 3.12. The fraction of sp³-hybridized carbons (Fsp3) is 0.261. The molecular weight excluding hydrogens is 352 g/mol. The van der Waals surface area contributed by atoms with Crippen molar-refractivity contribution >= 4 is 17.2 Å². The summed E-state index contributed by atoms with van der Waals surface area (Å²) in [5.74, 6) is 1.20. The van der Waals surface area contributed by atoms with Crippen molar-refractivity contribution < 1.29 is 5.11 Å². The maximum Gasteiger partial charge on any atom is 0.129 e. The number of rotatable bonds is 5. The maximum atomic E-state index is 8.75. The van der Waals surface area contributed by atoms with Crippen LogP contribution in [0.1, 0.15) is 36.8 Å². The summed E-state index contributed by atoms with van der Waals surface area (Å²) in [6.45, 7) is 12.2. The molecule has 0 saturated carbocycles. The smallest absolute Gasteiger partial charge is 0.129 e. The Kier molecular flexibility index (Phi) is 14.1. The second-order valence-corrected chi connectivity index (χ2v) is 6.30. The Hall–Kier alpha value is -2.59. The van der Waals surface area contributed by atoms with E-state index in [0.29, 0.717) is 0 Å². The molecule has 27 heavy (non-hydrogen) atoms. The molecule has 1 aromatic heterocycles. The third-order valence-corrected chi connectivity index (χ3v) is 4.02. The first-order chi connectivity index (χ1) is 13.1. The van der Waals surface area contributed by atoms with E-state index in [1.807, 2.05) is 33.9 Å².